The van der Waals surface area contributed by atoms with Gasteiger partial charge in [0.1, 0.15) is 5.92 Å². The Hall–Kier alpha value is -2.92. The first-order chi connectivity index (χ1) is 12.6. The molecule has 0 aliphatic heterocycles. The van der Waals surface area contributed by atoms with Crippen LogP contribution in [0.1, 0.15) is 44.1 Å². The number of carbonyl (C=O) groups excluding carboxylic acids is 1. The van der Waals surface area contributed by atoms with E-state index in [0.717, 1.165) is 42.4 Å². The van der Waals surface area contributed by atoms with Gasteiger partial charge >= 0.3 is 5.97 Å². The Kier molecular flexibility index (Phi) is 4.91. The fourth-order valence-electron chi connectivity index (χ4n) is 4.35. The van der Waals surface area contributed by atoms with Crippen LogP contribution in [0, 0.1) is 34.0 Å². The zero-order valence-electron chi connectivity index (χ0n) is 14.9. The first-order valence-corrected chi connectivity index (χ1v) is 8.99. The monoisotopic (exact) mass is 348 g/mol. The summed E-state index contributed by atoms with van der Waals surface area (Å²) in [6.45, 7) is 1.85. The van der Waals surface area contributed by atoms with Gasteiger partial charge in [-0.2, -0.15) is 10.5 Å². The molecule has 0 heterocycles. The number of nitriles is 2. The molecule has 0 fully saturated rings. The number of nitrogens with zero attached hydrogens (tertiary/aromatic N) is 2. The molecule has 132 valence electrons. The van der Waals surface area contributed by atoms with E-state index in [-0.39, 0.29) is 12.3 Å². The molecule has 2 N–H and O–H groups in total. The van der Waals surface area contributed by atoms with Crippen molar-refractivity contribution in [3.63, 3.8) is 0 Å². The van der Waals surface area contributed by atoms with E-state index < -0.39 is 23.2 Å². The summed E-state index contributed by atoms with van der Waals surface area (Å²) in [5.41, 5.74) is 1.29. The summed E-state index contributed by atoms with van der Waals surface area (Å²) in [5, 5.41) is 26.3. The van der Waals surface area contributed by atoms with Crippen molar-refractivity contribution in [1.82, 2.24) is 0 Å². The molecule has 3 rings (SSSR count). The molecular weight excluding hydrogens is 326 g/mol. The second-order valence-electron chi connectivity index (χ2n) is 6.76. The lowest BCUT2D eigenvalue weighted by atomic mass is 9.56. The van der Waals surface area contributed by atoms with Crippen molar-refractivity contribution < 1.29 is 14.9 Å². The van der Waals surface area contributed by atoms with Gasteiger partial charge in [0.15, 0.2) is 0 Å². The van der Waals surface area contributed by atoms with Crippen LogP contribution in [0.25, 0.3) is 0 Å². The molecule has 26 heavy (non-hydrogen) atoms. The van der Waals surface area contributed by atoms with Crippen LogP contribution in [0.15, 0.2) is 41.5 Å². The van der Waals surface area contributed by atoms with E-state index in [1.54, 1.807) is 6.92 Å². The third kappa shape index (κ3) is 2.52. The molecule has 0 amide bonds. The minimum Gasteiger partial charge on any atom is -0.464 e. The van der Waals surface area contributed by atoms with Gasteiger partial charge in [-0.05, 0) is 43.7 Å². The molecule has 5 heteroatoms. The molecule has 0 saturated heterocycles. The normalized spacial score (nSPS) is 27.9. The van der Waals surface area contributed by atoms with Crippen LogP contribution in [-0.4, -0.2) is 18.3 Å². The number of rotatable bonds is 3. The molecule has 0 unspecified atom stereocenters. The predicted molar refractivity (Wildman–Crippen MR) is 95.4 cm³/mol. The lowest BCUT2D eigenvalue weighted by molar-refractivity contribution is -0.158. The van der Waals surface area contributed by atoms with Gasteiger partial charge in [0, 0.05) is 5.92 Å². The van der Waals surface area contributed by atoms with Crippen LogP contribution in [0.3, 0.4) is 0 Å². The lowest BCUT2D eigenvalue weighted by Gasteiger charge is -2.41. The van der Waals surface area contributed by atoms with Crippen molar-refractivity contribution >= 4 is 11.7 Å². The van der Waals surface area contributed by atoms with Crippen LogP contribution in [0.2, 0.25) is 0 Å². The topological polar surface area (TPSA) is 99.5 Å². The molecule has 2 aliphatic carbocycles. The summed E-state index contributed by atoms with van der Waals surface area (Å²) < 4.78 is 5.28. The average molecular weight is 348 g/mol. The number of esters is 1. The fraction of sp³-hybridized carbons (Fsp3) is 0.429. The Morgan fingerprint density at radius 3 is 2.46 bits per heavy atom. The molecule has 5 nitrogen and oxygen atoms in total. The number of allylic oxidation sites excluding steroid dienone is 2. The van der Waals surface area contributed by atoms with Gasteiger partial charge in [-0.3, -0.25) is 5.41 Å². The first kappa shape index (κ1) is 17.9. The van der Waals surface area contributed by atoms with Gasteiger partial charge in [-0.25, -0.2) is 4.79 Å². The van der Waals surface area contributed by atoms with Crippen LogP contribution in [-0.2, 0) is 9.53 Å². The summed E-state index contributed by atoms with van der Waals surface area (Å²) in [4.78, 5) is 13.0. The Bertz CT molecular complexity index is 844. The highest BCUT2D eigenvalue weighted by Gasteiger charge is 2.62. The Morgan fingerprint density at radius 2 is 1.88 bits per heavy atom. The average Bonchev–Trinajstić information content (AvgIpc) is 2.68. The van der Waals surface area contributed by atoms with E-state index in [9.17, 15) is 15.3 Å². The van der Waals surface area contributed by atoms with Gasteiger partial charge in [-0.15, -0.1) is 0 Å². The van der Waals surface area contributed by atoms with E-state index in [0.29, 0.717) is 0 Å². The highest BCUT2D eigenvalue weighted by Crippen LogP contribution is 2.53. The molecule has 0 spiro atoms. The Balaban J connectivity index is 2.32. The molecule has 0 aromatic heterocycles. The second kappa shape index (κ2) is 7.14. The molecule has 0 bridgehead atoms. The van der Waals surface area contributed by atoms with Gasteiger partial charge in [0.05, 0.1) is 18.7 Å². The molecule has 3 atom stereocenters. The van der Waals surface area contributed by atoms with Crippen LogP contribution >= 0.6 is 0 Å². The first-order valence-electron chi connectivity index (χ1n) is 8.99. The van der Waals surface area contributed by atoms with Crippen molar-refractivity contribution in [3.05, 3.63) is 47.0 Å². The third-order valence-electron chi connectivity index (χ3n) is 5.49. The zero-order valence-corrected chi connectivity index (χ0v) is 14.9. The summed E-state index contributed by atoms with van der Waals surface area (Å²) in [7, 11) is 0. The van der Waals surface area contributed by atoms with Crippen molar-refractivity contribution in [1.29, 1.82) is 10.5 Å². The number of nitrogens with two attached hydrogens (primary N) is 1. The van der Waals surface area contributed by atoms with Crippen molar-refractivity contribution in [3.8, 4) is 12.1 Å². The minimum atomic E-state index is -1.67. The maximum absolute atomic E-state index is 13.0. The van der Waals surface area contributed by atoms with E-state index in [1.165, 1.54) is 0 Å². The summed E-state index contributed by atoms with van der Waals surface area (Å²) in [6, 6.07) is 13.9. The maximum atomic E-state index is 13.0. The molecule has 1 aromatic rings. The molecular formula is C21H22N3O2+. The minimum absolute atomic E-state index is 0.107. The number of ether oxygens (including phenoxy) is 1. The summed E-state index contributed by atoms with van der Waals surface area (Å²) in [6.07, 6.45) is 3.51. The van der Waals surface area contributed by atoms with Gasteiger partial charge < -0.3 is 4.74 Å². The Morgan fingerprint density at radius 1 is 1.23 bits per heavy atom. The zero-order chi connectivity index (χ0) is 18.7. The van der Waals surface area contributed by atoms with Gasteiger partial charge in [0.25, 0.3) is 0 Å². The van der Waals surface area contributed by atoms with Gasteiger partial charge in [-0.1, -0.05) is 35.9 Å². The third-order valence-corrected chi connectivity index (χ3v) is 5.49. The number of carbonyl (C=O) groups is 1. The Labute approximate surface area is 153 Å². The summed E-state index contributed by atoms with van der Waals surface area (Å²) in [5.74, 6) is -1.88. The van der Waals surface area contributed by atoms with E-state index >= 15 is 0 Å². The van der Waals surface area contributed by atoms with E-state index in [2.05, 4.69) is 12.1 Å². The largest absolute Gasteiger partial charge is 0.464 e. The lowest BCUT2D eigenvalue weighted by Crippen LogP contribution is -2.62. The number of hydrogen-bond donors (Lipinski definition) is 1. The molecule has 1 aromatic carbocycles. The molecule has 0 saturated carbocycles. The highest BCUT2D eigenvalue weighted by atomic mass is 16.5. The fourth-order valence-corrected chi connectivity index (χ4v) is 4.35. The van der Waals surface area contributed by atoms with E-state index in [1.807, 2.05) is 30.3 Å². The quantitative estimate of drug-likeness (QED) is 0.667. The number of hydrogen-bond acceptors (Lipinski definition) is 4. The standard InChI is InChI=1S/C21H21N3O2/c1-2-26-20(25)21(13-23)18(14-8-4-3-5-9-14)16-11-7-6-10-15(16)17(12-22)19(21)24/h3-5,8-9,17-18,24H,2,6-7,10-11H2,1H3/p+1/t17-,18-,21+/m0/s1. The predicted octanol–water partition coefficient (Wildman–Crippen LogP) is 2.07. The SMILES string of the molecule is CCOC(=O)[C@@]1(C#N)C(=[NH2+])[C@@H](C#N)C2=C(CCCC2)[C@@H]1c1ccccc1. The smallest absolute Gasteiger partial charge is 0.338 e. The van der Waals surface area contributed by atoms with E-state index in [4.69, 9.17) is 10.1 Å². The van der Waals surface area contributed by atoms with Gasteiger partial charge in [0.2, 0.25) is 11.1 Å². The molecule has 2 aliphatic rings. The van der Waals surface area contributed by atoms with Crippen LogP contribution in [0.5, 0.6) is 0 Å². The highest BCUT2D eigenvalue weighted by molar-refractivity contribution is 6.12. The maximum Gasteiger partial charge on any atom is 0.338 e. The number of benzene rings is 1. The molecule has 0 radical (unpaired) electrons. The van der Waals surface area contributed by atoms with Crippen molar-refractivity contribution in [2.75, 3.05) is 6.61 Å². The second-order valence-corrected chi connectivity index (χ2v) is 6.76. The van der Waals surface area contributed by atoms with Crippen LogP contribution in [0.4, 0.5) is 0 Å². The van der Waals surface area contributed by atoms with Crippen molar-refractivity contribution in [2.24, 2.45) is 11.3 Å². The van der Waals surface area contributed by atoms with Crippen molar-refractivity contribution in [2.45, 2.75) is 38.5 Å². The van der Waals surface area contributed by atoms with Crippen LogP contribution < -0.4 is 5.41 Å². The summed E-state index contributed by atoms with van der Waals surface area (Å²) >= 11 is 0.